The monoisotopic (exact) mass is 304 g/mol. The Morgan fingerprint density at radius 2 is 2.10 bits per heavy atom. The zero-order chi connectivity index (χ0) is 15.9. The standard InChI is InChI=1S/C19H25FS/c1-6-9-15(7-2)12-16-10-8-11-18(20)17(16)13-21-14-19(3,4)5/h7-11H,1,12-14H2,2-5H3/b15-7+. The summed E-state index contributed by atoms with van der Waals surface area (Å²) in [6.07, 6.45) is 4.61. The number of thioether (sulfide) groups is 1. The van der Waals surface area contributed by atoms with E-state index in [0.29, 0.717) is 5.75 Å². The molecule has 0 aliphatic heterocycles. The van der Waals surface area contributed by atoms with Gasteiger partial charge < -0.3 is 0 Å². The summed E-state index contributed by atoms with van der Waals surface area (Å²) in [5.41, 5.74) is 6.04. The van der Waals surface area contributed by atoms with Crippen LogP contribution in [-0.4, -0.2) is 5.75 Å². The second kappa shape index (κ2) is 8.26. The predicted octanol–water partition coefficient (Wildman–Crippen LogP) is 5.93. The molecule has 21 heavy (non-hydrogen) atoms. The Bertz CT molecular complexity index is 543. The fraction of sp³-hybridized carbons (Fsp3) is 0.421. The molecule has 0 N–H and O–H groups in total. The molecule has 0 spiro atoms. The predicted molar refractivity (Wildman–Crippen MR) is 93.2 cm³/mol. The quantitative estimate of drug-likeness (QED) is 0.463. The number of halogens is 1. The Balaban J connectivity index is 2.90. The van der Waals surface area contributed by atoms with Crippen LogP contribution in [0, 0.1) is 11.2 Å². The van der Waals surface area contributed by atoms with E-state index in [9.17, 15) is 4.39 Å². The van der Waals surface area contributed by atoms with E-state index in [1.54, 1.807) is 23.9 Å². The number of rotatable bonds is 6. The van der Waals surface area contributed by atoms with E-state index < -0.39 is 0 Å². The maximum Gasteiger partial charge on any atom is 0.127 e. The molecule has 1 rings (SSSR count). The molecular weight excluding hydrogens is 279 g/mol. The molecular formula is C19H25FS. The highest BCUT2D eigenvalue weighted by Gasteiger charge is 2.13. The van der Waals surface area contributed by atoms with Crippen LogP contribution in [0.15, 0.2) is 48.2 Å². The van der Waals surface area contributed by atoms with Crippen molar-refractivity contribution in [2.45, 2.75) is 39.9 Å². The molecule has 1 aromatic rings. The average Bonchev–Trinajstić information content (AvgIpc) is 2.40. The lowest BCUT2D eigenvalue weighted by Crippen LogP contribution is -2.09. The first kappa shape index (κ1) is 17.8. The van der Waals surface area contributed by atoms with Gasteiger partial charge in [0.1, 0.15) is 5.82 Å². The SMILES string of the molecule is C=C=C/C(=C\C)Cc1cccc(F)c1CSCC(C)(C)C. The first-order valence-electron chi connectivity index (χ1n) is 7.22. The van der Waals surface area contributed by atoms with Gasteiger partial charge in [-0.05, 0) is 47.8 Å². The zero-order valence-corrected chi connectivity index (χ0v) is 14.3. The highest BCUT2D eigenvalue weighted by Crippen LogP contribution is 2.27. The van der Waals surface area contributed by atoms with E-state index in [-0.39, 0.29) is 11.2 Å². The van der Waals surface area contributed by atoms with Crippen molar-refractivity contribution in [2.75, 3.05) is 5.75 Å². The second-order valence-electron chi connectivity index (χ2n) is 6.32. The van der Waals surface area contributed by atoms with Crippen LogP contribution in [0.3, 0.4) is 0 Å². The average molecular weight is 304 g/mol. The van der Waals surface area contributed by atoms with Crippen molar-refractivity contribution < 1.29 is 4.39 Å². The fourth-order valence-corrected chi connectivity index (χ4v) is 3.22. The summed E-state index contributed by atoms with van der Waals surface area (Å²) in [6, 6.07) is 5.35. The lowest BCUT2D eigenvalue weighted by molar-refractivity contribution is 0.480. The van der Waals surface area contributed by atoms with E-state index in [0.717, 1.165) is 28.9 Å². The van der Waals surface area contributed by atoms with Gasteiger partial charge in [0.05, 0.1) is 0 Å². The molecule has 0 bridgehead atoms. The molecule has 0 unspecified atom stereocenters. The van der Waals surface area contributed by atoms with Crippen LogP contribution in [0.1, 0.15) is 38.8 Å². The van der Waals surface area contributed by atoms with Crippen molar-refractivity contribution in [1.82, 2.24) is 0 Å². The summed E-state index contributed by atoms with van der Waals surface area (Å²) in [7, 11) is 0. The summed E-state index contributed by atoms with van der Waals surface area (Å²) in [5, 5.41) is 0. The summed E-state index contributed by atoms with van der Waals surface area (Å²) < 4.78 is 14.1. The lowest BCUT2D eigenvalue weighted by Gasteiger charge is -2.18. The second-order valence-corrected chi connectivity index (χ2v) is 7.31. The Morgan fingerprint density at radius 3 is 2.67 bits per heavy atom. The van der Waals surface area contributed by atoms with Crippen LogP contribution >= 0.6 is 11.8 Å². The Kier molecular flexibility index (Phi) is 7.01. The molecule has 0 fully saturated rings. The maximum atomic E-state index is 14.1. The molecule has 2 heteroatoms. The van der Waals surface area contributed by atoms with Gasteiger partial charge in [-0.15, -0.1) is 5.73 Å². The highest BCUT2D eigenvalue weighted by atomic mass is 32.2. The van der Waals surface area contributed by atoms with Crippen molar-refractivity contribution in [2.24, 2.45) is 5.41 Å². The highest BCUT2D eigenvalue weighted by molar-refractivity contribution is 7.98. The van der Waals surface area contributed by atoms with Crippen molar-refractivity contribution in [3.8, 4) is 0 Å². The van der Waals surface area contributed by atoms with Crippen molar-refractivity contribution in [3.05, 3.63) is 65.2 Å². The third kappa shape index (κ3) is 6.37. The first-order chi connectivity index (χ1) is 9.87. The minimum Gasteiger partial charge on any atom is -0.207 e. The van der Waals surface area contributed by atoms with Gasteiger partial charge in [0.2, 0.25) is 0 Å². The van der Waals surface area contributed by atoms with Crippen molar-refractivity contribution >= 4 is 11.8 Å². The van der Waals surface area contributed by atoms with Gasteiger partial charge in [0.25, 0.3) is 0 Å². The molecule has 0 heterocycles. The van der Waals surface area contributed by atoms with Gasteiger partial charge in [-0.2, -0.15) is 11.8 Å². The van der Waals surface area contributed by atoms with Crippen LogP contribution in [-0.2, 0) is 12.2 Å². The van der Waals surface area contributed by atoms with Gasteiger partial charge in [0, 0.05) is 11.3 Å². The third-order valence-electron chi connectivity index (χ3n) is 3.05. The first-order valence-corrected chi connectivity index (χ1v) is 8.38. The molecule has 114 valence electrons. The molecule has 0 amide bonds. The molecule has 0 aliphatic rings. The van der Waals surface area contributed by atoms with Crippen molar-refractivity contribution in [3.63, 3.8) is 0 Å². The maximum absolute atomic E-state index is 14.1. The topological polar surface area (TPSA) is 0 Å². The third-order valence-corrected chi connectivity index (χ3v) is 4.61. The molecule has 0 saturated carbocycles. The fourth-order valence-electron chi connectivity index (χ4n) is 1.98. The Hall–Kier alpha value is -1.24. The zero-order valence-electron chi connectivity index (χ0n) is 13.5. The van der Waals surface area contributed by atoms with Crippen LogP contribution in [0.25, 0.3) is 0 Å². The van der Waals surface area contributed by atoms with Crippen LogP contribution in [0.2, 0.25) is 0 Å². The molecule has 0 radical (unpaired) electrons. The summed E-state index contributed by atoms with van der Waals surface area (Å²) in [6.45, 7) is 12.2. The van der Waals surface area contributed by atoms with Crippen LogP contribution in [0.4, 0.5) is 4.39 Å². The minimum absolute atomic E-state index is 0.105. The Labute approximate surface area is 132 Å². The van der Waals surface area contributed by atoms with Gasteiger partial charge >= 0.3 is 0 Å². The van der Waals surface area contributed by atoms with E-state index in [2.05, 4.69) is 33.1 Å². The molecule has 0 aromatic heterocycles. The molecule has 0 saturated heterocycles. The number of hydrogen-bond acceptors (Lipinski definition) is 1. The molecule has 0 atom stereocenters. The van der Waals surface area contributed by atoms with Gasteiger partial charge in [0.15, 0.2) is 0 Å². The summed E-state index contributed by atoms with van der Waals surface area (Å²) in [5.74, 6) is 1.63. The summed E-state index contributed by atoms with van der Waals surface area (Å²) >= 11 is 1.79. The smallest absolute Gasteiger partial charge is 0.127 e. The van der Waals surface area contributed by atoms with Crippen LogP contribution < -0.4 is 0 Å². The minimum atomic E-state index is -0.105. The summed E-state index contributed by atoms with van der Waals surface area (Å²) in [4.78, 5) is 0. The van der Waals surface area contributed by atoms with E-state index >= 15 is 0 Å². The van der Waals surface area contributed by atoms with E-state index in [1.807, 2.05) is 25.1 Å². The van der Waals surface area contributed by atoms with E-state index in [1.165, 1.54) is 0 Å². The number of allylic oxidation sites excluding steroid dienone is 3. The molecule has 1 aromatic carbocycles. The molecule has 0 nitrogen and oxygen atoms in total. The van der Waals surface area contributed by atoms with E-state index in [4.69, 9.17) is 0 Å². The number of benzene rings is 1. The van der Waals surface area contributed by atoms with Crippen molar-refractivity contribution in [1.29, 1.82) is 0 Å². The van der Waals surface area contributed by atoms with Crippen LogP contribution in [0.5, 0.6) is 0 Å². The lowest BCUT2D eigenvalue weighted by atomic mass is 10.00. The van der Waals surface area contributed by atoms with Gasteiger partial charge in [-0.3, -0.25) is 0 Å². The van der Waals surface area contributed by atoms with Gasteiger partial charge in [-0.25, -0.2) is 4.39 Å². The Morgan fingerprint density at radius 1 is 1.38 bits per heavy atom. The number of hydrogen-bond donors (Lipinski definition) is 0. The largest absolute Gasteiger partial charge is 0.207 e. The van der Waals surface area contributed by atoms with Gasteiger partial charge in [-0.1, -0.05) is 45.6 Å². The molecule has 0 aliphatic carbocycles. The normalized spacial score (nSPS) is 12.1.